The van der Waals surface area contributed by atoms with Crippen LogP contribution in [0.4, 0.5) is 4.39 Å². The van der Waals surface area contributed by atoms with Crippen molar-refractivity contribution in [3.63, 3.8) is 0 Å². The smallest absolute Gasteiger partial charge is 0.258 e. The van der Waals surface area contributed by atoms with E-state index in [4.69, 9.17) is 4.74 Å². The molecule has 1 aromatic carbocycles. The molecule has 1 N–H and O–H groups in total. The average molecular weight is 316 g/mol. The molecule has 1 aliphatic rings. The summed E-state index contributed by atoms with van der Waals surface area (Å²) in [7, 11) is 0. The van der Waals surface area contributed by atoms with Gasteiger partial charge < -0.3 is 10.1 Å². The summed E-state index contributed by atoms with van der Waals surface area (Å²) in [6, 6.07) is 4.40. The predicted octanol–water partition coefficient (Wildman–Crippen LogP) is 3.03. The highest BCUT2D eigenvalue weighted by Gasteiger charge is 2.17. The Labute approximate surface area is 114 Å². The first-order chi connectivity index (χ1) is 8.65. The van der Waals surface area contributed by atoms with Crippen molar-refractivity contribution in [2.24, 2.45) is 0 Å². The third-order valence-electron chi connectivity index (χ3n) is 2.97. The lowest BCUT2D eigenvalue weighted by Gasteiger charge is -2.13. The molecule has 1 saturated carbocycles. The van der Waals surface area contributed by atoms with Crippen LogP contribution in [-0.4, -0.2) is 18.6 Å². The zero-order chi connectivity index (χ0) is 13.0. The van der Waals surface area contributed by atoms with Gasteiger partial charge in [0.05, 0.1) is 4.47 Å². The number of halogens is 2. The van der Waals surface area contributed by atoms with E-state index in [-0.39, 0.29) is 24.4 Å². The van der Waals surface area contributed by atoms with Gasteiger partial charge in [-0.25, -0.2) is 4.39 Å². The fraction of sp³-hybridized carbons (Fsp3) is 0.462. The summed E-state index contributed by atoms with van der Waals surface area (Å²) in [6.45, 7) is -0.0409. The molecular formula is C13H15BrFNO2. The van der Waals surface area contributed by atoms with Gasteiger partial charge in [-0.05, 0) is 47.0 Å². The van der Waals surface area contributed by atoms with Gasteiger partial charge >= 0.3 is 0 Å². The molecule has 0 saturated heterocycles. The lowest BCUT2D eigenvalue weighted by Crippen LogP contribution is -2.36. The molecule has 98 valence electrons. The number of nitrogens with one attached hydrogen (secondary N) is 1. The fourth-order valence-corrected chi connectivity index (χ4v) is 2.54. The van der Waals surface area contributed by atoms with Crippen LogP contribution in [0.25, 0.3) is 0 Å². The molecule has 0 unspecified atom stereocenters. The van der Waals surface area contributed by atoms with E-state index in [0.29, 0.717) is 10.2 Å². The second kappa shape index (κ2) is 6.18. The number of hydrogen-bond acceptors (Lipinski definition) is 2. The first-order valence-corrected chi connectivity index (χ1v) is 6.81. The highest BCUT2D eigenvalue weighted by atomic mass is 79.9. The Morgan fingerprint density at radius 3 is 2.83 bits per heavy atom. The molecule has 18 heavy (non-hydrogen) atoms. The van der Waals surface area contributed by atoms with Crippen molar-refractivity contribution < 1.29 is 13.9 Å². The number of hydrogen-bond donors (Lipinski definition) is 1. The van der Waals surface area contributed by atoms with Crippen molar-refractivity contribution in [3.8, 4) is 5.75 Å². The van der Waals surface area contributed by atoms with Gasteiger partial charge in [0.1, 0.15) is 11.6 Å². The van der Waals surface area contributed by atoms with Gasteiger partial charge in [0.15, 0.2) is 6.61 Å². The topological polar surface area (TPSA) is 38.3 Å². The van der Waals surface area contributed by atoms with Crippen molar-refractivity contribution in [3.05, 3.63) is 28.5 Å². The van der Waals surface area contributed by atoms with Crippen LogP contribution in [0.2, 0.25) is 0 Å². The molecule has 1 aliphatic carbocycles. The van der Waals surface area contributed by atoms with Crippen LogP contribution in [-0.2, 0) is 4.79 Å². The third-order valence-corrected chi connectivity index (χ3v) is 3.59. The number of amides is 1. The van der Waals surface area contributed by atoms with Gasteiger partial charge in [0, 0.05) is 6.04 Å². The quantitative estimate of drug-likeness (QED) is 0.927. The van der Waals surface area contributed by atoms with E-state index in [0.717, 1.165) is 12.8 Å². The zero-order valence-corrected chi connectivity index (χ0v) is 11.5. The second-order valence-corrected chi connectivity index (χ2v) is 5.27. The van der Waals surface area contributed by atoms with Crippen molar-refractivity contribution in [1.29, 1.82) is 0 Å². The maximum atomic E-state index is 12.9. The van der Waals surface area contributed by atoms with Crippen LogP contribution in [0.3, 0.4) is 0 Å². The zero-order valence-electron chi connectivity index (χ0n) is 9.92. The van der Waals surface area contributed by atoms with E-state index < -0.39 is 0 Å². The SMILES string of the molecule is O=C(COc1ccc(F)cc1Br)NC1CCCC1. The van der Waals surface area contributed by atoms with Gasteiger partial charge in [-0.3, -0.25) is 4.79 Å². The van der Waals surface area contributed by atoms with E-state index in [1.165, 1.54) is 31.0 Å². The van der Waals surface area contributed by atoms with E-state index >= 15 is 0 Å². The van der Waals surface area contributed by atoms with Gasteiger partial charge in [-0.15, -0.1) is 0 Å². The van der Waals surface area contributed by atoms with E-state index in [2.05, 4.69) is 21.2 Å². The normalized spacial score (nSPS) is 15.7. The summed E-state index contributed by atoms with van der Waals surface area (Å²) in [5.74, 6) is 0.000675. The molecule has 2 rings (SSSR count). The lowest BCUT2D eigenvalue weighted by atomic mass is 10.2. The van der Waals surface area contributed by atoms with Crippen LogP contribution in [0.5, 0.6) is 5.75 Å². The Morgan fingerprint density at radius 1 is 1.44 bits per heavy atom. The molecule has 0 atom stereocenters. The monoisotopic (exact) mass is 315 g/mol. The van der Waals surface area contributed by atoms with Crippen molar-refractivity contribution in [2.75, 3.05) is 6.61 Å². The van der Waals surface area contributed by atoms with E-state index in [1.807, 2.05) is 0 Å². The number of benzene rings is 1. The second-order valence-electron chi connectivity index (χ2n) is 4.41. The molecule has 5 heteroatoms. The largest absolute Gasteiger partial charge is 0.483 e. The lowest BCUT2D eigenvalue weighted by molar-refractivity contribution is -0.123. The van der Waals surface area contributed by atoms with Crippen molar-refractivity contribution in [2.45, 2.75) is 31.7 Å². The number of rotatable bonds is 4. The summed E-state index contributed by atoms with van der Waals surface area (Å²) in [5.41, 5.74) is 0. The molecule has 1 aromatic rings. The number of ether oxygens (including phenoxy) is 1. The summed E-state index contributed by atoms with van der Waals surface area (Å²) >= 11 is 3.19. The van der Waals surface area contributed by atoms with Crippen LogP contribution in [0.15, 0.2) is 22.7 Å². The Morgan fingerprint density at radius 2 is 2.17 bits per heavy atom. The van der Waals surface area contributed by atoms with Crippen LogP contribution < -0.4 is 10.1 Å². The Bertz CT molecular complexity index is 433. The van der Waals surface area contributed by atoms with Gasteiger partial charge in [-0.1, -0.05) is 12.8 Å². The minimum absolute atomic E-state index is 0.0409. The molecule has 3 nitrogen and oxygen atoms in total. The Hall–Kier alpha value is -1.10. The van der Waals surface area contributed by atoms with Crippen molar-refractivity contribution >= 4 is 21.8 Å². The molecule has 1 fully saturated rings. The summed E-state index contributed by atoms with van der Waals surface area (Å²) < 4.78 is 18.7. The number of carbonyl (C=O) groups excluding carboxylic acids is 1. The maximum absolute atomic E-state index is 12.9. The predicted molar refractivity (Wildman–Crippen MR) is 70.0 cm³/mol. The highest BCUT2D eigenvalue weighted by molar-refractivity contribution is 9.10. The van der Waals surface area contributed by atoms with Gasteiger partial charge in [-0.2, -0.15) is 0 Å². The molecule has 0 aromatic heterocycles. The number of carbonyl (C=O) groups is 1. The van der Waals surface area contributed by atoms with Gasteiger partial charge in [0.25, 0.3) is 5.91 Å². The molecule has 0 radical (unpaired) electrons. The first-order valence-electron chi connectivity index (χ1n) is 6.02. The van der Waals surface area contributed by atoms with Crippen LogP contribution in [0.1, 0.15) is 25.7 Å². The molecular weight excluding hydrogens is 301 g/mol. The first kappa shape index (κ1) is 13.3. The van der Waals surface area contributed by atoms with E-state index in [1.54, 1.807) is 0 Å². The maximum Gasteiger partial charge on any atom is 0.258 e. The molecule has 0 aliphatic heterocycles. The van der Waals surface area contributed by atoms with E-state index in [9.17, 15) is 9.18 Å². The standard InChI is InChI=1S/C13H15BrFNO2/c14-11-7-9(15)5-6-12(11)18-8-13(17)16-10-3-1-2-4-10/h5-7,10H,1-4,8H2,(H,16,17). The summed E-state index contributed by atoms with van der Waals surface area (Å²) in [5, 5.41) is 2.93. The Kier molecular flexibility index (Phi) is 4.58. The van der Waals surface area contributed by atoms with Gasteiger partial charge in [0.2, 0.25) is 0 Å². The summed E-state index contributed by atoms with van der Waals surface area (Å²) in [4.78, 5) is 11.6. The minimum Gasteiger partial charge on any atom is -0.483 e. The average Bonchev–Trinajstić information content (AvgIpc) is 2.80. The van der Waals surface area contributed by atoms with Crippen LogP contribution >= 0.6 is 15.9 Å². The highest BCUT2D eigenvalue weighted by Crippen LogP contribution is 2.25. The van der Waals surface area contributed by atoms with Crippen molar-refractivity contribution in [1.82, 2.24) is 5.32 Å². The summed E-state index contributed by atoms with van der Waals surface area (Å²) in [6.07, 6.45) is 4.45. The fourth-order valence-electron chi connectivity index (χ4n) is 2.08. The minimum atomic E-state index is -0.343. The Balaban J connectivity index is 1.81. The molecule has 1 amide bonds. The molecule has 0 bridgehead atoms. The molecule has 0 heterocycles. The third kappa shape index (κ3) is 3.70. The molecule has 0 spiro atoms. The van der Waals surface area contributed by atoms with Crippen LogP contribution in [0, 0.1) is 5.82 Å².